The second kappa shape index (κ2) is 5.84. The Morgan fingerprint density at radius 2 is 2.05 bits per heavy atom. The van der Waals surface area contributed by atoms with Crippen LogP contribution in [-0.2, 0) is 0 Å². The zero-order chi connectivity index (χ0) is 14.0. The summed E-state index contributed by atoms with van der Waals surface area (Å²) in [6.07, 6.45) is 1.49. The summed E-state index contributed by atoms with van der Waals surface area (Å²) in [5.74, 6) is -0.640. The second-order valence-corrected chi connectivity index (χ2v) is 5.42. The smallest absolute Gasteiger partial charge is 0.255 e. The third kappa shape index (κ3) is 3.04. The number of halogens is 2. The number of thiocarbonyl (C=S) groups is 1. The van der Waals surface area contributed by atoms with Crippen LogP contribution >= 0.6 is 23.8 Å². The quantitative estimate of drug-likeness (QED) is 0.854. The van der Waals surface area contributed by atoms with Gasteiger partial charge in [-0.25, -0.2) is 4.39 Å². The molecule has 2 rings (SSSR count). The Morgan fingerprint density at radius 1 is 1.42 bits per heavy atom. The molecule has 0 bridgehead atoms. The predicted molar refractivity (Wildman–Crippen MR) is 76.8 cm³/mol. The van der Waals surface area contributed by atoms with Crippen LogP contribution in [0.25, 0.3) is 0 Å². The van der Waals surface area contributed by atoms with Crippen molar-refractivity contribution in [2.24, 2.45) is 11.7 Å². The van der Waals surface area contributed by atoms with E-state index in [1.807, 2.05) is 0 Å². The third-order valence-electron chi connectivity index (χ3n) is 3.37. The van der Waals surface area contributed by atoms with Gasteiger partial charge < -0.3 is 10.6 Å². The molecular formula is C13H14ClFN2OS. The average molecular weight is 301 g/mol. The molecule has 1 fully saturated rings. The number of hydrogen-bond donors (Lipinski definition) is 1. The van der Waals surface area contributed by atoms with E-state index in [1.165, 1.54) is 18.2 Å². The van der Waals surface area contributed by atoms with Crippen molar-refractivity contribution in [1.29, 1.82) is 0 Å². The molecule has 1 heterocycles. The number of rotatable bonds is 2. The molecule has 1 aliphatic rings. The van der Waals surface area contributed by atoms with Crippen molar-refractivity contribution in [3.63, 3.8) is 0 Å². The molecule has 1 aliphatic heterocycles. The fraction of sp³-hybridized carbons (Fsp3) is 0.385. The highest BCUT2D eigenvalue weighted by Gasteiger charge is 2.26. The summed E-state index contributed by atoms with van der Waals surface area (Å²) >= 11 is 10.8. The lowest BCUT2D eigenvalue weighted by Gasteiger charge is -2.31. The highest BCUT2D eigenvalue weighted by Crippen LogP contribution is 2.24. The van der Waals surface area contributed by atoms with E-state index in [2.05, 4.69) is 0 Å². The van der Waals surface area contributed by atoms with Gasteiger partial charge >= 0.3 is 0 Å². The molecule has 0 spiro atoms. The van der Waals surface area contributed by atoms with Gasteiger partial charge in [-0.2, -0.15) is 0 Å². The van der Waals surface area contributed by atoms with Crippen LogP contribution in [0.2, 0.25) is 5.02 Å². The Bertz CT molecular complexity index is 515. The minimum absolute atomic E-state index is 0.121. The van der Waals surface area contributed by atoms with Crippen LogP contribution in [0, 0.1) is 11.7 Å². The number of likely N-dealkylation sites (tertiary alicyclic amines) is 1. The number of carbonyl (C=O) groups excluding carboxylic acids is 1. The van der Waals surface area contributed by atoms with Crippen molar-refractivity contribution in [2.75, 3.05) is 13.1 Å². The molecular weight excluding hydrogens is 287 g/mol. The number of amides is 1. The Labute approximate surface area is 121 Å². The molecule has 0 radical (unpaired) electrons. The highest BCUT2D eigenvalue weighted by atomic mass is 35.5. The van der Waals surface area contributed by atoms with Crippen molar-refractivity contribution in [3.8, 4) is 0 Å². The molecule has 1 amide bonds. The van der Waals surface area contributed by atoms with Crippen LogP contribution in [0.4, 0.5) is 4.39 Å². The van der Waals surface area contributed by atoms with Gasteiger partial charge in [-0.15, -0.1) is 0 Å². The van der Waals surface area contributed by atoms with E-state index >= 15 is 0 Å². The van der Waals surface area contributed by atoms with Gasteiger partial charge in [0.15, 0.2) is 0 Å². The summed E-state index contributed by atoms with van der Waals surface area (Å²) in [4.78, 5) is 14.4. The maximum atomic E-state index is 13.3. The number of nitrogens with two attached hydrogens (primary N) is 1. The first-order valence-corrected chi connectivity index (χ1v) is 6.82. The summed E-state index contributed by atoms with van der Waals surface area (Å²) in [7, 11) is 0. The number of benzene rings is 1. The Morgan fingerprint density at radius 3 is 2.63 bits per heavy atom. The molecule has 6 heteroatoms. The molecule has 0 aromatic heterocycles. The van der Waals surface area contributed by atoms with Crippen LogP contribution in [0.3, 0.4) is 0 Å². The summed E-state index contributed by atoms with van der Waals surface area (Å²) in [6.45, 7) is 1.13. The number of carbonyl (C=O) groups is 1. The monoisotopic (exact) mass is 300 g/mol. The molecule has 0 atom stereocenters. The maximum absolute atomic E-state index is 13.3. The number of nitrogens with zero attached hydrogens (tertiary/aromatic N) is 1. The maximum Gasteiger partial charge on any atom is 0.255 e. The first-order valence-electron chi connectivity index (χ1n) is 6.03. The Hall–Kier alpha value is -1.20. The van der Waals surface area contributed by atoms with Crippen LogP contribution in [0.1, 0.15) is 23.2 Å². The summed E-state index contributed by atoms with van der Waals surface area (Å²) in [6, 6.07) is 4.25. The number of piperidine rings is 1. The molecule has 19 heavy (non-hydrogen) atoms. The summed E-state index contributed by atoms with van der Waals surface area (Å²) in [5, 5.41) is -0.121. The largest absolute Gasteiger partial charge is 0.393 e. The lowest BCUT2D eigenvalue weighted by molar-refractivity contribution is 0.0710. The molecule has 1 aromatic carbocycles. The van der Waals surface area contributed by atoms with Crippen LogP contribution in [0.5, 0.6) is 0 Å². The van der Waals surface area contributed by atoms with Gasteiger partial charge in [0, 0.05) is 19.0 Å². The first-order chi connectivity index (χ1) is 9.00. The van der Waals surface area contributed by atoms with Gasteiger partial charge in [0.25, 0.3) is 5.91 Å². The van der Waals surface area contributed by atoms with Crippen LogP contribution in [-0.4, -0.2) is 28.9 Å². The minimum atomic E-state index is -0.578. The van der Waals surface area contributed by atoms with Crippen molar-refractivity contribution < 1.29 is 9.18 Å². The van der Waals surface area contributed by atoms with E-state index in [0.29, 0.717) is 18.1 Å². The molecule has 0 aliphatic carbocycles. The fourth-order valence-corrected chi connectivity index (χ4v) is 2.65. The zero-order valence-electron chi connectivity index (χ0n) is 10.2. The minimum Gasteiger partial charge on any atom is -0.393 e. The van der Waals surface area contributed by atoms with E-state index in [9.17, 15) is 9.18 Å². The molecule has 102 valence electrons. The van der Waals surface area contributed by atoms with Gasteiger partial charge in [0.05, 0.1) is 15.6 Å². The lowest BCUT2D eigenvalue weighted by atomic mass is 9.96. The zero-order valence-corrected chi connectivity index (χ0v) is 11.8. The Balaban J connectivity index is 2.09. The van der Waals surface area contributed by atoms with Crippen LogP contribution in [0.15, 0.2) is 18.2 Å². The van der Waals surface area contributed by atoms with Crippen molar-refractivity contribution >= 4 is 34.7 Å². The third-order valence-corrected chi connectivity index (χ3v) is 4.08. The summed E-state index contributed by atoms with van der Waals surface area (Å²) in [5.41, 5.74) is 5.81. The number of hydrogen-bond acceptors (Lipinski definition) is 2. The van der Waals surface area contributed by atoms with Crippen molar-refractivity contribution in [1.82, 2.24) is 4.90 Å². The van der Waals surface area contributed by atoms with Crippen molar-refractivity contribution in [3.05, 3.63) is 34.6 Å². The molecule has 0 saturated carbocycles. The fourth-order valence-electron chi connectivity index (χ4n) is 2.21. The van der Waals surface area contributed by atoms with E-state index < -0.39 is 5.82 Å². The van der Waals surface area contributed by atoms with Gasteiger partial charge in [0.2, 0.25) is 0 Å². The molecule has 3 nitrogen and oxygen atoms in total. The van der Waals surface area contributed by atoms with Gasteiger partial charge in [-0.1, -0.05) is 29.9 Å². The lowest BCUT2D eigenvalue weighted by Crippen LogP contribution is -2.41. The topological polar surface area (TPSA) is 46.3 Å². The predicted octanol–water partition coefficient (Wildman–Crippen LogP) is 2.62. The van der Waals surface area contributed by atoms with Gasteiger partial charge in [0.1, 0.15) is 5.82 Å². The van der Waals surface area contributed by atoms with E-state index in [-0.39, 0.29) is 22.4 Å². The Kier molecular flexibility index (Phi) is 4.37. The van der Waals surface area contributed by atoms with E-state index in [1.54, 1.807) is 4.90 Å². The molecule has 2 N–H and O–H groups in total. The van der Waals surface area contributed by atoms with Crippen LogP contribution < -0.4 is 5.73 Å². The van der Waals surface area contributed by atoms with E-state index in [0.717, 1.165) is 12.8 Å². The first kappa shape index (κ1) is 14.2. The second-order valence-electron chi connectivity index (χ2n) is 4.57. The summed E-state index contributed by atoms with van der Waals surface area (Å²) < 4.78 is 13.3. The average Bonchev–Trinajstić information content (AvgIpc) is 2.41. The molecule has 0 unspecified atom stereocenters. The molecule has 1 saturated heterocycles. The van der Waals surface area contributed by atoms with Crippen molar-refractivity contribution in [2.45, 2.75) is 12.8 Å². The SMILES string of the molecule is NC(=S)C1CCN(C(=O)c2cccc(F)c2Cl)CC1. The molecule has 1 aromatic rings. The van der Waals surface area contributed by atoms with E-state index in [4.69, 9.17) is 29.6 Å². The normalized spacial score (nSPS) is 16.4. The highest BCUT2D eigenvalue weighted by molar-refractivity contribution is 7.80. The standard InChI is InChI=1S/C13H14ClFN2OS/c14-11-9(2-1-3-10(11)15)13(18)17-6-4-8(5-7-17)12(16)19/h1-3,8H,4-7H2,(H2,16,19). The van der Waals surface area contributed by atoms with Gasteiger partial charge in [-0.05, 0) is 25.0 Å². The van der Waals surface area contributed by atoms with Gasteiger partial charge in [-0.3, -0.25) is 4.79 Å².